The molecule has 0 radical (unpaired) electrons. The number of carbonyl (C=O) groups excluding carboxylic acids is 1. The van der Waals surface area contributed by atoms with E-state index >= 15 is 0 Å². The van der Waals surface area contributed by atoms with Crippen molar-refractivity contribution in [2.75, 3.05) is 5.73 Å². The number of imidazole rings is 1. The molecule has 0 aliphatic heterocycles. The molecule has 3 aromatic rings. The first kappa shape index (κ1) is 17.1. The molecule has 0 bridgehead atoms. The Morgan fingerprint density at radius 3 is 2.48 bits per heavy atom. The van der Waals surface area contributed by atoms with Gasteiger partial charge in [-0.15, -0.1) is 0 Å². The third-order valence-electron chi connectivity index (χ3n) is 3.84. The van der Waals surface area contributed by atoms with Crippen molar-refractivity contribution < 1.29 is 17.6 Å². The first-order chi connectivity index (χ1) is 11.7. The van der Waals surface area contributed by atoms with Crippen molar-refractivity contribution in [3.63, 3.8) is 0 Å². The van der Waals surface area contributed by atoms with Crippen LogP contribution in [-0.2, 0) is 10.0 Å². The van der Waals surface area contributed by atoms with E-state index in [1.807, 2.05) is 0 Å². The Balaban J connectivity index is 2.19. The molecule has 6 nitrogen and oxygen atoms in total. The molecule has 0 saturated carbocycles. The summed E-state index contributed by atoms with van der Waals surface area (Å²) in [4.78, 5) is 16.6. The van der Waals surface area contributed by atoms with Crippen LogP contribution >= 0.6 is 0 Å². The van der Waals surface area contributed by atoms with E-state index in [-0.39, 0.29) is 22.6 Å². The quantitative estimate of drug-likeness (QED) is 0.721. The van der Waals surface area contributed by atoms with Crippen molar-refractivity contribution in [2.24, 2.45) is 0 Å². The summed E-state index contributed by atoms with van der Waals surface area (Å²) in [7, 11) is -3.75. The van der Waals surface area contributed by atoms with Crippen LogP contribution in [0.3, 0.4) is 0 Å². The summed E-state index contributed by atoms with van der Waals surface area (Å²) < 4.78 is 39.4. The van der Waals surface area contributed by atoms with Gasteiger partial charge in [-0.1, -0.05) is 12.1 Å². The molecule has 0 amide bonds. The van der Waals surface area contributed by atoms with Crippen LogP contribution in [0.25, 0.3) is 11.0 Å². The van der Waals surface area contributed by atoms with Crippen LogP contribution < -0.4 is 5.73 Å². The molecule has 0 fully saturated rings. The van der Waals surface area contributed by atoms with Crippen molar-refractivity contribution in [3.8, 4) is 0 Å². The minimum absolute atomic E-state index is 0.168. The third kappa shape index (κ3) is 2.89. The molecular formula is C17H16FN3O3S. The van der Waals surface area contributed by atoms with Gasteiger partial charge in [-0.3, -0.25) is 4.79 Å². The van der Waals surface area contributed by atoms with E-state index in [0.717, 1.165) is 10.0 Å². The molecule has 0 spiro atoms. The van der Waals surface area contributed by atoms with Crippen LogP contribution in [0.4, 0.5) is 10.3 Å². The summed E-state index contributed by atoms with van der Waals surface area (Å²) in [6.07, 6.45) is 0. The zero-order chi connectivity index (χ0) is 18.4. The summed E-state index contributed by atoms with van der Waals surface area (Å²) in [5.74, 6) is -1.11. The highest BCUT2D eigenvalue weighted by atomic mass is 32.2. The van der Waals surface area contributed by atoms with E-state index in [2.05, 4.69) is 4.98 Å². The van der Waals surface area contributed by atoms with Gasteiger partial charge in [-0.25, -0.2) is 21.8 Å². The van der Waals surface area contributed by atoms with Crippen LogP contribution in [0.5, 0.6) is 0 Å². The number of aromatic nitrogens is 2. The Bertz CT molecular complexity index is 1090. The van der Waals surface area contributed by atoms with E-state index in [9.17, 15) is 17.6 Å². The highest BCUT2D eigenvalue weighted by Crippen LogP contribution is 2.24. The van der Waals surface area contributed by atoms with Crippen molar-refractivity contribution in [3.05, 3.63) is 59.4 Å². The Labute approximate surface area is 144 Å². The summed E-state index contributed by atoms with van der Waals surface area (Å²) in [6, 6.07) is 9.73. The van der Waals surface area contributed by atoms with Crippen molar-refractivity contribution in [1.82, 2.24) is 8.96 Å². The number of hydrogen-bond donors (Lipinski definition) is 1. The Morgan fingerprint density at radius 1 is 1.16 bits per heavy atom. The molecule has 130 valence electrons. The first-order valence-corrected chi connectivity index (χ1v) is 9.05. The smallest absolute Gasteiger partial charge is 0.244 e. The molecule has 1 aromatic heterocycles. The molecule has 2 aromatic carbocycles. The number of hydrogen-bond acceptors (Lipinski definition) is 5. The van der Waals surface area contributed by atoms with Gasteiger partial charge in [0.2, 0.25) is 16.0 Å². The van der Waals surface area contributed by atoms with Crippen LogP contribution in [0.2, 0.25) is 0 Å². The lowest BCUT2D eigenvalue weighted by Crippen LogP contribution is -2.23. The maximum atomic E-state index is 13.3. The lowest BCUT2D eigenvalue weighted by atomic mass is 10.0. The highest BCUT2D eigenvalue weighted by molar-refractivity contribution is 7.90. The predicted molar refractivity (Wildman–Crippen MR) is 93.4 cm³/mol. The summed E-state index contributed by atoms with van der Waals surface area (Å²) >= 11 is 0. The number of carbonyl (C=O) groups is 1. The molecule has 1 heterocycles. The molecule has 0 saturated heterocycles. The Kier molecular flexibility index (Phi) is 4.08. The van der Waals surface area contributed by atoms with Crippen LogP contribution in [0.15, 0.2) is 42.5 Å². The largest absolute Gasteiger partial charge is 0.368 e. The molecule has 0 atom stereocenters. The lowest BCUT2D eigenvalue weighted by molar-refractivity contribution is 0.103. The maximum Gasteiger partial charge on any atom is 0.244 e. The predicted octanol–water partition coefficient (Wildman–Crippen LogP) is 2.57. The number of anilines is 1. The van der Waals surface area contributed by atoms with Gasteiger partial charge in [0.1, 0.15) is 5.82 Å². The normalized spacial score (nSPS) is 12.0. The van der Waals surface area contributed by atoms with E-state index in [1.54, 1.807) is 0 Å². The number of ketones is 1. The highest BCUT2D eigenvalue weighted by Gasteiger charge is 2.25. The topological polar surface area (TPSA) is 95.1 Å². The second-order valence-corrected chi connectivity index (χ2v) is 8.21. The van der Waals surface area contributed by atoms with Gasteiger partial charge in [0.05, 0.1) is 16.3 Å². The summed E-state index contributed by atoms with van der Waals surface area (Å²) in [5.41, 5.74) is 6.74. The van der Waals surface area contributed by atoms with Crippen LogP contribution in [0.1, 0.15) is 29.8 Å². The fraction of sp³-hybridized carbons (Fsp3) is 0.176. The Morgan fingerprint density at radius 2 is 1.84 bits per heavy atom. The molecule has 0 aliphatic rings. The minimum Gasteiger partial charge on any atom is -0.368 e. The molecule has 8 heteroatoms. The van der Waals surface area contributed by atoms with Crippen molar-refractivity contribution in [1.29, 1.82) is 0 Å². The number of nitrogens with two attached hydrogens (primary N) is 1. The molecule has 0 unspecified atom stereocenters. The number of nitrogens with zero attached hydrogens (tertiary/aromatic N) is 2. The first-order valence-electron chi connectivity index (χ1n) is 7.54. The minimum atomic E-state index is -3.75. The molecule has 3 rings (SSSR count). The van der Waals surface area contributed by atoms with E-state index in [1.165, 1.54) is 50.2 Å². The molecule has 0 aliphatic carbocycles. The Hall–Kier alpha value is -2.74. The zero-order valence-corrected chi connectivity index (χ0v) is 14.4. The fourth-order valence-corrected chi connectivity index (χ4v) is 3.63. The van der Waals surface area contributed by atoms with E-state index < -0.39 is 26.9 Å². The summed E-state index contributed by atoms with van der Waals surface area (Å²) in [5, 5.41) is -0.713. The number of rotatable bonds is 4. The summed E-state index contributed by atoms with van der Waals surface area (Å²) in [6.45, 7) is 3.06. The molecule has 2 N–H and O–H groups in total. The van der Waals surface area contributed by atoms with Gasteiger partial charge in [-0.05, 0) is 44.2 Å². The average Bonchev–Trinajstić information content (AvgIpc) is 2.89. The van der Waals surface area contributed by atoms with Crippen molar-refractivity contribution >= 4 is 32.8 Å². The SMILES string of the molecule is CC(C)S(=O)(=O)n1c(N)nc2ccc(C(=O)c3cccc(F)c3)cc21. The number of nitrogen functional groups attached to an aromatic ring is 1. The van der Waals surface area contributed by atoms with Gasteiger partial charge < -0.3 is 5.73 Å². The van der Waals surface area contributed by atoms with E-state index in [0.29, 0.717) is 5.52 Å². The van der Waals surface area contributed by atoms with Crippen LogP contribution in [0, 0.1) is 5.82 Å². The number of benzene rings is 2. The average molecular weight is 361 g/mol. The fourth-order valence-electron chi connectivity index (χ4n) is 2.49. The van der Waals surface area contributed by atoms with Crippen molar-refractivity contribution in [2.45, 2.75) is 19.1 Å². The van der Waals surface area contributed by atoms with Gasteiger partial charge in [-0.2, -0.15) is 0 Å². The molecule has 25 heavy (non-hydrogen) atoms. The number of halogens is 1. The standard InChI is InChI=1S/C17H16FN3O3S/c1-10(2)25(23,24)21-15-9-12(6-7-14(15)20-17(21)19)16(22)11-4-3-5-13(18)8-11/h3-10H,1-2H3,(H2,19,20). The molecular weight excluding hydrogens is 345 g/mol. The third-order valence-corrected chi connectivity index (χ3v) is 5.92. The van der Waals surface area contributed by atoms with E-state index in [4.69, 9.17) is 5.73 Å². The second kappa shape index (κ2) is 5.96. The van der Waals surface area contributed by atoms with Gasteiger partial charge >= 0.3 is 0 Å². The number of fused-ring (bicyclic) bond motifs is 1. The lowest BCUT2D eigenvalue weighted by Gasteiger charge is -2.11. The zero-order valence-electron chi connectivity index (χ0n) is 13.6. The van der Waals surface area contributed by atoms with Crippen LogP contribution in [-0.4, -0.2) is 28.4 Å². The second-order valence-electron chi connectivity index (χ2n) is 5.87. The monoisotopic (exact) mass is 361 g/mol. The maximum absolute atomic E-state index is 13.3. The van der Waals surface area contributed by atoms with Gasteiger partial charge in [0.25, 0.3) is 0 Å². The van der Waals surface area contributed by atoms with Gasteiger partial charge in [0, 0.05) is 11.1 Å². The van der Waals surface area contributed by atoms with Gasteiger partial charge in [0.15, 0.2) is 5.78 Å².